The molecule has 1 fully saturated rings. The molecular weight excluding hydrogens is 266 g/mol. The second-order valence-corrected chi connectivity index (χ2v) is 6.81. The van der Waals surface area contributed by atoms with E-state index in [2.05, 4.69) is 0 Å². The Morgan fingerprint density at radius 1 is 1.42 bits per heavy atom. The van der Waals surface area contributed by atoms with Crippen LogP contribution in [0, 0.1) is 5.92 Å². The molecule has 1 aromatic rings. The van der Waals surface area contributed by atoms with Crippen molar-refractivity contribution in [3.63, 3.8) is 0 Å². The van der Waals surface area contributed by atoms with Gasteiger partial charge in [-0.2, -0.15) is 4.31 Å². The normalized spacial score (nSPS) is 25.2. The lowest BCUT2D eigenvalue weighted by Gasteiger charge is -2.33. The maximum absolute atomic E-state index is 12.5. The van der Waals surface area contributed by atoms with Gasteiger partial charge < -0.3 is 9.84 Å². The van der Waals surface area contributed by atoms with Crippen LogP contribution in [0.25, 0.3) is 0 Å². The molecule has 0 saturated carbocycles. The molecule has 19 heavy (non-hydrogen) atoms. The first kappa shape index (κ1) is 14.3. The summed E-state index contributed by atoms with van der Waals surface area (Å²) in [5.41, 5.74) is 0. The van der Waals surface area contributed by atoms with Gasteiger partial charge in [0, 0.05) is 19.2 Å². The van der Waals surface area contributed by atoms with Crippen LogP contribution in [0.4, 0.5) is 0 Å². The molecule has 0 bridgehead atoms. The predicted molar refractivity (Wildman–Crippen MR) is 71.5 cm³/mol. The van der Waals surface area contributed by atoms with Crippen LogP contribution in [-0.2, 0) is 10.0 Å². The Balaban J connectivity index is 2.27. The zero-order valence-electron chi connectivity index (χ0n) is 11.1. The van der Waals surface area contributed by atoms with E-state index in [0.717, 1.165) is 0 Å². The number of methoxy groups -OCH3 is 1. The molecule has 0 amide bonds. The molecule has 1 saturated heterocycles. The summed E-state index contributed by atoms with van der Waals surface area (Å²) in [6.45, 7) is 2.53. The Kier molecular flexibility index (Phi) is 4.13. The molecule has 2 unspecified atom stereocenters. The van der Waals surface area contributed by atoms with Crippen LogP contribution in [0.2, 0.25) is 0 Å². The first-order chi connectivity index (χ1) is 8.95. The van der Waals surface area contributed by atoms with Crippen molar-refractivity contribution in [2.75, 3.05) is 20.2 Å². The van der Waals surface area contributed by atoms with Crippen molar-refractivity contribution >= 4 is 10.0 Å². The Morgan fingerprint density at radius 3 is 2.79 bits per heavy atom. The van der Waals surface area contributed by atoms with Gasteiger partial charge in [-0.3, -0.25) is 0 Å². The summed E-state index contributed by atoms with van der Waals surface area (Å²) >= 11 is 0. The Morgan fingerprint density at radius 2 is 2.16 bits per heavy atom. The van der Waals surface area contributed by atoms with Gasteiger partial charge in [0.2, 0.25) is 10.0 Å². The molecule has 1 aliphatic heterocycles. The SMILES string of the molecule is COc1cccc(S(=O)(=O)N2CCC(C)C(O)C2)c1. The molecular formula is C13H19NO4S. The molecule has 1 heterocycles. The van der Waals surface area contributed by atoms with Gasteiger partial charge >= 0.3 is 0 Å². The number of nitrogens with zero attached hydrogens (tertiary/aromatic N) is 1. The molecule has 0 radical (unpaired) electrons. The van der Waals surface area contributed by atoms with E-state index in [1.807, 2.05) is 6.92 Å². The van der Waals surface area contributed by atoms with E-state index in [4.69, 9.17) is 4.74 Å². The van der Waals surface area contributed by atoms with Gasteiger partial charge in [0.25, 0.3) is 0 Å². The van der Waals surface area contributed by atoms with Crippen LogP contribution < -0.4 is 4.74 Å². The van der Waals surface area contributed by atoms with Crippen LogP contribution >= 0.6 is 0 Å². The Hall–Kier alpha value is -1.11. The Labute approximate surface area is 113 Å². The number of rotatable bonds is 3. The first-order valence-electron chi connectivity index (χ1n) is 6.27. The van der Waals surface area contributed by atoms with Crippen molar-refractivity contribution in [3.8, 4) is 5.75 Å². The van der Waals surface area contributed by atoms with Crippen LogP contribution in [-0.4, -0.2) is 44.1 Å². The number of benzene rings is 1. The van der Waals surface area contributed by atoms with Gasteiger partial charge in [0.1, 0.15) is 5.75 Å². The molecule has 1 aromatic carbocycles. The van der Waals surface area contributed by atoms with Crippen LogP contribution in [0.5, 0.6) is 5.75 Å². The summed E-state index contributed by atoms with van der Waals surface area (Å²) in [5.74, 6) is 0.642. The summed E-state index contributed by atoms with van der Waals surface area (Å²) in [7, 11) is -2.06. The lowest BCUT2D eigenvalue weighted by atomic mass is 9.98. The monoisotopic (exact) mass is 285 g/mol. The van der Waals surface area contributed by atoms with Crippen LogP contribution in [0.3, 0.4) is 0 Å². The number of aliphatic hydroxyl groups is 1. The summed E-state index contributed by atoms with van der Waals surface area (Å²) in [6, 6.07) is 6.39. The number of piperidine rings is 1. The van der Waals surface area contributed by atoms with E-state index in [-0.39, 0.29) is 17.4 Å². The standard InChI is InChI=1S/C13H19NO4S/c1-10-6-7-14(9-13(10)15)19(16,17)12-5-3-4-11(8-12)18-2/h3-5,8,10,13,15H,6-7,9H2,1-2H3. The van der Waals surface area contributed by atoms with Gasteiger partial charge in [-0.05, 0) is 24.5 Å². The smallest absolute Gasteiger partial charge is 0.243 e. The minimum absolute atomic E-state index is 0.136. The minimum atomic E-state index is -3.56. The zero-order valence-corrected chi connectivity index (χ0v) is 11.9. The number of sulfonamides is 1. The third-order valence-corrected chi connectivity index (χ3v) is 5.42. The fraction of sp³-hybridized carbons (Fsp3) is 0.538. The highest BCUT2D eigenvalue weighted by atomic mass is 32.2. The highest BCUT2D eigenvalue weighted by Gasteiger charge is 2.32. The second kappa shape index (κ2) is 5.48. The molecule has 0 spiro atoms. The molecule has 5 nitrogen and oxygen atoms in total. The summed E-state index contributed by atoms with van der Waals surface area (Å²) in [4.78, 5) is 0.202. The Bertz CT molecular complexity index is 543. The molecule has 2 rings (SSSR count). The minimum Gasteiger partial charge on any atom is -0.497 e. The number of hydrogen-bond donors (Lipinski definition) is 1. The molecule has 0 aliphatic carbocycles. The summed E-state index contributed by atoms with van der Waals surface area (Å²) in [6.07, 6.45) is 0.0683. The van der Waals surface area contributed by atoms with E-state index in [9.17, 15) is 13.5 Å². The fourth-order valence-corrected chi connectivity index (χ4v) is 3.66. The number of ether oxygens (including phenoxy) is 1. The van der Waals surface area contributed by atoms with Crippen molar-refractivity contribution in [2.45, 2.75) is 24.3 Å². The van der Waals surface area contributed by atoms with Crippen molar-refractivity contribution < 1.29 is 18.3 Å². The molecule has 1 N–H and O–H groups in total. The highest BCUT2D eigenvalue weighted by molar-refractivity contribution is 7.89. The van der Waals surface area contributed by atoms with Crippen LogP contribution in [0.15, 0.2) is 29.2 Å². The third kappa shape index (κ3) is 2.91. The maximum Gasteiger partial charge on any atom is 0.243 e. The van der Waals surface area contributed by atoms with E-state index in [0.29, 0.717) is 18.7 Å². The van der Waals surface area contributed by atoms with E-state index < -0.39 is 16.1 Å². The topological polar surface area (TPSA) is 66.8 Å². The van der Waals surface area contributed by atoms with Gasteiger partial charge in [0.05, 0.1) is 18.1 Å². The van der Waals surface area contributed by atoms with Crippen molar-refractivity contribution in [1.29, 1.82) is 0 Å². The maximum atomic E-state index is 12.5. The van der Waals surface area contributed by atoms with Crippen LogP contribution in [0.1, 0.15) is 13.3 Å². The van der Waals surface area contributed by atoms with Crippen molar-refractivity contribution in [1.82, 2.24) is 4.31 Å². The largest absolute Gasteiger partial charge is 0.497 e. The quantitative estimate of drug-likeness (QED) is 0.902. The van der Waals surface area contributed by atoms with Gasteiger partial charge in [-0.1, -0.05) is 13.0 Å². The lowest BCUT2D eigenvalue weighted by Crippen LogP contribution is -2.45. The van der Waals surface area contributed by atoms with Gasteiger partial charge in [-0.25, -0.2) is 8.42 Å². The fourth-order valence-electron chi connectivity index (χ4n) is 2.15. The van der Waals surface area contributed by atoms with E-state index in [1.165, 1.54) is 17.5 Å². The predicted octanol–water partition coefficient (Wildman–Crippen LogP) is 1.09. The third-order valence-electron chi connectivity index (χ3n) is 3.56. The van der Waals surface area contributed by atoms with Gasteiger partial charge in [0.15, 0.2) is 0 Å². The average Bonchev–Trinajstić information content (AvgIpc) is 2.41. The molecule has 106 valence electrons. The molecule has 0 aromatic heterocycles. The van der Waals surface area contributed by atoms with Crippen molar-refractivity contribution in [2.24, 2.45) is 5.92 Å². The van der Waals surface area contributed by atoms with E-state index in [1.54, 1.807) is 18.2 Å². The summed E-state index contributed by atoms with van der Waals surface area (Å²) in [5, 5.41) is 9.83. The van der Waals surface area contributed by atoms with Crippen molar-refractivity contribution in [3.05, 3.63) is 24.3 Å². The number of hydrogen-bond acceptors (Lipinski definition) is 4. The number of β-amino-alcohol motifs (C(OH)–C–C–N with tert-alkyl or cyclic N) is 1. The lowest BCUT2D eigenvalue weighted by molar-refractivity contribution is 0.0605. The average molecular weight is 285 g/mol. The van der Waals surface area contributed by atoms with Gasteiger partial charge in [-0.15, -0.1) is 0 Å². The zero-order chi connectivity index (χ0) is 14.0. The first-order valence-corrected chi connectivity index (χ1v) is 7.71. The molecule has 2 atom stereocenters. The highest BCUT2D eigenvalue weighted by Crippen LogP contribution is 2.25. The van der Waals surface area contributed by atoms with E-state index >= 15 is 0 Å². The molecule has 1 aliphatic rings. The summed E-state index contributed by atoms with van der Waals surface area (Å²) < 4.78 is 31.3. The number of aliphatic hydroxyl groups excluding tert-OH is 1. The second-order valence-electron chi connectivity index (χ2n) is 4.88. The molecule has 6 heteroatoms.